The van der Waals surface area contributed by atoms with Gasteiger partial charge in [0, 0.05) is 0 Å². The molecule has 10 atom stereocenters. The molecule has 0 saturated carbocycles. The van der Waals surface area contributed by atoms with E-state index in [4.69, 9.17) is 24.4 Å². The maximum Gasteiger partial charge on any atom is 0.189 e. The van der Waals surface area contributed by atoms with Crippen LogP contribution in [0.2, 0.25) is 0 Å². The second kappa shape index (κ2) is 7.63. The summed E-state index contributed by atoms with van der Waals surface area (Å²) >= 11 is 0. The Bertz CT molecular complexity index is 344. The molecule has 0 radical (unpaired) electrons. The van der Waals surface area contributed by atoms with Crippen molar-refractivity contribution in [2.24, 2.45) is 0 Å². The van der Waals surface area contributed by atoms with Gasteiger partial charge in [-0.15, -0.1) is 0 Å². The SMILES string of the molecule is OC[C@H]1O[C@H](OC2O[C@H](CO)[C@@H](O)[C@H](O)[C@H]2O)[C@H](O)[C@@H](O)[C@H]1O. The molecule has 11 heteroatoms. The zero-order chi connectivity index (χ0) is 17.3. The van der Waals surface area contributed by atoms with Crippen LogP contribution in [-0.2, 0) is 14.2 Å². The molecule has 136 valence electrons. The van der Waals surface area contributed by atoms with Gasteiger partial charge in [-0.05, 0) is 0 Å². The van der Waals surface area contributed by atoms with E-state index in [1.807, 2.05) is 0 Å². The van der Waals surface area contributed by atoms with Gasteiger partial charge in [0.05, 0.1) is 13.2 Å². The Morgan fingerprint density at radius 1 is 0.565 bits per heavy atom. The molecule has 2 aliphatic heterocycles. The summed E-state index contributed by atoms with van der Waals surface area (Å²) in [5.74, 6) is 0. The highest BCUT2D eigenvalue weighted by molar-refractivity contribution is 4.92. The zero-order valence-electron chi connectivity index (χ0n) is 12.0. The van der Waals surface area contributed by atoms with Gasteiger partial charge in [0.1, 0.15) is 48.8 Å². The molecule has 2 rings (SSSR count). The van der Waals surface area contributed by atoms with Gasteiger partial charge in [-0.2, -0.15) is 0 Å². The van der Waals surface area contributed by atoms with E-state index in [-0.39, 0.29) is 0 Å². The predicted octanol–water partition coefficient (Wildman–Crippen LogP) is -5.40. The highest BCUT2D eigenvalue weighted by Gasteiger charge is 2.49. The molecular formula is C12H22O11. The summed E-state index contributed by atoms with van der Waals surface area (Å²) in [7, 11) is 0. The molecule has 0 aromatic heterocycles. The van der Waals surface area contributed by atoms with Crippen molar-refractivity contribution in [1.82, 2.24) is 0 Å². The van der Waals surface area contributed by atoms with Crippen LogP contribution in [0.5, 0.6) is 0 Å². The van der Waals surface area contributed by atoms with Crippen LogP contribution >= 0.6 is 0 Å². The van der Waals surface area contributed by atoms with Gasteiger partial charge < -0.3 is 55.1 Å². The summed E-state index contributed by atoms with van der Waals surface area (Å²) < 4.78 is 15.3. The zero-order valence-corrected chi connectivity index (χ0v) is 12.0. The standard InChI is InChI=1S/C12H22O11/c13-1-3-5(15)7(17)9(19)11(21-3)23-12-10(20)8(18)6(16)4(2-14)22-12/h3-20H,1-2H2/t3-,4-,5-,6+,7+,8+,9-,10-,11?,12-/m1/s1. The number of aliphatic hydroxyl groups excluding tert-OH is 8. The van der Waals surface area contributed by atoms with Crippen LogP contribution in [0.15, 0.2) is 0 Å². The molecule has 11 nitrogen and oxygen atoms in total. The Labute approximate surface area is 130 Å². The first kappa shape index (κ1) is 18.9. The average Bonchev–Trinajstić information content (AvgIpc) is 2.55. The number of aliphatic hydroxyl groups is 8. The van der Waals surface area contributed by atoms with Gasteiger partial charge in [-0.1, -0.05) is 0 Å². The number of hydrogen-bond donors (Lipinski definition) is 8. The highest BCUT2D eigenvalue weighted by Crippen LogP contribution is 2.27. The topological polar surface area (TPSA) is 190 Å². The van der Waals surface area contributed by atoms with Crippen LogP contribution < -0.4 is 0 Å². The van der Waals surface area contributed by atoms with E-state index in [9.17, 15) is 30.6 Å². The maximum atomic E-state index is 9.84. The molecular weight excluding hydrogens is 320 g/mol. The van der Waals surface area contributed by atoms with Crippen LogP contribution in [0, 0.1) is 0 Å². The summed E-state index contributed by atoms with van der Waals surface area (Å²) in [6.45, 7) is -1.33. The van der Waals surface area contributed by atoms with Crippen molar-refractivity contribution in [3.8, 4) is 0 Å². The maximum absolute atomic E-state index is 9.84. The van der Waals surface area contributed by atoms with Gasteiger partial charge in [-0.25, -0.2) is 0 Å². The van der Waals surface area contributed by atoms with E-state index in [1.54, 1.807) is 0 Å². The molecule has 0 bridgehead atoms. The smallest absolute Gasteiger partial charge is 0.189 e. The molecule has 2 saturated heterocycles. The number of hydrogen-bond acceptors (Lipinski definition) is 11. The Hall–Kier alpha value is -0.440. The fraction of sp³-hybridized carbons (Fsp3) is 1.00. The minimum absolute atomic E-state index is 0.667. The Morgan fingerprint density at radius 2 is 0.913 bits per heavy atom. The minimum atomic E-state index is -1.72. The molecule has 0 aromatic rings. The van der Waals surface area contributed by atoms with Crippen LogP contribution in [0.1, 0.15) is 0 Å². The lowest BCUT2D eigenvalue weighted by atomic mass is 9.98. The molecule has 1 unspecified atom stereocenters. The summed E-state index contributed by atoms with van der Waals surface area (Å²) in [4.78, 5) is 0. The summed E-state index contributed by atoms with van der Waals surface area (Å²) in [5.41, 5.74) is 0. The fourth-order valence-corrected chi connectivity index (χ4v) is 2.49. The van der Waals surface area contributed by atoms with Crippen LogP contribution in [0.4, 0.5) is 0 Å². The predicted molar refractivity (Wildman–Crippen MR) is 68.6 cm³/mol. The van der Waals surface area contributed by atoms with Gasteiger partial charge >= 0.3 is 0 Å². The van der Waals surface area contributed by atoms with Gasteiger partial charge in [0.15, 0.2) is 12.6 Å². The van der Waals surface area contributed by atoms with E-state index in [2.05, 4.69) is 0 Å². The van der Waals surface area contributed by atoms with Crippen LogP contribution in [-0.4, -0.2) is 115 Å². The number of ether oxygens (including phenoxy) is 3. The first-order chi connectivity index (χ1) is 10.8. The first-order valence-corrected chi connectivity index (χ1v) is 7.08. The molecule has 2 aliphatic rings. The summed E-state index contributed by atoms with van der Waals surface area (Å²) in [6, 6.07) is 0. The quantitative estimate of drug-likeness (QED) is 0.243. The van der Waals surface area contributed by atoms with Crippen molar-refractivity contribution in [1.29, 1.82) is 0 Å². The van der Waals surface area contributed by atoms with E-state index >= 15 is 0 Å². The molecule has 2 heterocycles. The van der Waals surface area contributed by atoms with Gasteiger partial charge in [0.2, 0.25) is 0 Å². The Morgan fingerprint density at radius 3 is 1.22 bits per heavy atom. The second-order valence-electron chi connectivity index (χ2n) is 5.53. The molecule has 0 spiro atoms. The summed E-state index contributed by atoms with van der Waals surface area (Å²) in [5, 5.41) is 76.4. The molecule has 0 aromatic carbocycles. The molecule has 0 aliphatic carbocycles. The normalized spacial score (nSPS) is 51.7. The first-order valence-electron chi connectivity index (χ1n) is 7.08. The lowest BCUT2D eigenvalue weighted by molar-refractivity contribution is -0.376. The largest absolute Gasteiger partial charge is 0.394 e. The lowest BCUT2D eigenvalue weighted by Gasteiger charge is -2.44. The molecule has 8 N–H and O–H groups in total. The molecule has 2 fully saturated rings. The Kier molecular flexibility index (Phi) is 6.27. The van der Waals surface area contributed by atoms with Crippen LogP contribution in [0.25, 0.3) is 0 Å². The minimum Gasteiger partial charge on any atom is -0.394 e. The van der Waals surface area contributed by atoms with Crippen LogP contribution in [0.3, 0.4) is 0 Å². The van der Waals surface area contributed by atoms with E-state index < -0.39 is 74.6 Å². The van der Waals surface area contributed by atoms with E-state index in [0.717, 1.165) is 0 Å². The van der Waals surface area contributed by atoms with Gasteiger partial charge in [-0.3, -0.25) is 0 Å². The molecule has 0 amide bonds. The lowest BCUT2D eigenvalue weighted by Crippen LogP contribution is -2.63. The van der Waals surface area contributed by atoms with Crippen molar-refractivity contribution < 1.29 is 55.1 Å². The van der Waals surface area contributed by atoms with Gasteiger partial charge in [0.25, 0.3) is 0 Å². The average molecular weight is 342 g/mol. The second-order valence-corrected chi connectivity index (χ2v) is 5.53. The third-order valence-electron chi connectivity index (χ3n) is 3.97. The summed E-state index contributed by atoms with van der Waals surface area (Å²) in [6.07, 6.45) is -15.6. The monoisotopic (exact) mass is 342 g/mol. The fourth-order valence-electron chi connectivity index (χ4n) is 2.49. The highest BCUT2D eigenvalue weighted by atomic mass is 16.8. The van der Waals surface area contributed by atoms with Crippen molar-refractivity contribution in [3.05, 3.63) is 0 Å². The third kappa shape index (κ3) is 3.65. The van der Waals surface area contributed by atoms with Crippen molar-refractivity contribution >= 4 is 0 Å². The number of rotatable bonds is 4. The van der Waals surface area contributed by atoms with Crippen molar-refractivity contribution in [3.63, 3.8) is 0 Å². The third-order valence-corrected chi connectivity index (χ3v) is 3.97. The Balaban J connectivity index is 2.07. The van der Waals surface area contributed by atoms with E-state index in [1.165, 1.54) is 0 Å². The van der Waals surface area contributed by atoms with E-state index in [0.29, 0.717) is 0 Å². The van der Waals surface area contributed by atoms with Crippen molar-refractivity contribution in [2.45, 2.75) is 61.4 Å². The van der Waals surface area contributed by atoms with Crippen molar-refractivity contribution in [2.75, 3.05) is 13.2 Å². The molecule has 23 heavy (non-hydrogen) atoms.